The van der Waals surface area contributed by atoms with Crippen LogP contribution in [0.4, 0.5) is 0 Å². The van der Waals surface area contributed by atoms with E-state index in [1.807, 2.05) is 4.90 Å². The van der Waals surface area contributed by atoms with Gasteiger partial charge in [0.25, 0.3) is 0 Å². The monoisotopic (exact) mass is 413 g/mol. The summed E-state index contributed by atoms with van der Waals surface area (Å²) in [6.07, 6.45) is 4.05. The molecule has 1 amide bonds. The fraction of sp³-hybridized carbons (Fsp3) is 0.364. The first-order chi connectivity index (χ1) is 14.4. The molecule has 1 aromatic heterocycles. The molecule has 8 nitrogen and oxygen atoms in total. The number of phenolic OH excluding ortho intramolecular Hbond substituents is 3. The summed E-state index contributed by atoms with van der Waals surface area (Å²) in [5.41, 5.74) is -0.288. The second-order valence-corrected chi connectivity index (χ2v) is 7.48. The maximum atomic E-state index is 13.0. The van der Waals surface area contributed by atoms with E-state index in [4.69, 9.17) is 9.15 Å². The Morgan fingerprint density at radius 3 is 2.50 bits per heavy atom. The van der Waals surface area contributed by atoms with Gasteiger partial charge >= 0.3 is 0 Å². The molecule has 1 fully saturated rings. The van der Waals surface area contributed by atoms with Crippen LogP contribution in [0.25, 0.3) is 21.9 Å². The molecule has 0 unspecified atom stereocenters. The third-order valence-electron chi connectivity index (χ3n) is 5.32. The smallest absolute Gasteiger partial charge is 0.222 e. The lowest BCUT2D eigenvalue weighted by molar-refractivity contribution is -0.132. The summed E-state index contributed by atoms with van der Waals surface area (Å²) in [7, 11) is 0. The Morgan fingerprint density at radius 2 is 1.73 bits per heavy atom. The molecule has 0 spiro atoms. The predicted octanol–water partition coefficient (Wildman–Crippen LogP) is 3.23. The predicted molar refractivity (Wildman–Crippen MR) is 110 cm³/mol. The molecule has 1 aliphatic heterocycles. The topological polar surface area (TPSA) is 120 Å². The fourth-order valence-corrected chi connectivity index (χ4v) is 3.77. The fourth-order valence-electron chi connectivity index (χ4n) is 3.77. The molecule has 0 saturated carbocycles. The number of carbonyl (C=O) groups is 1. The minimum Gasteiger partial charge on any atom is -0.508 e. The van der Waals surface area contributed by atoms with Crippen LogP contribution < -0.4 is 10.2 Å². The quantitative estimate of drug-likeness (QED) is 0.334. The van der Waals surface area contributed by atoms with E-state index in [0.29, 0.717) is 12.8 Å². The molecule has 3 N–H and O–H groups in total. The number of phenols is 3. The van der Waals surface area contributed by atoms with Crippen molar-refractivity contribution in [2.45, 2.75) is 32.1 Å². The number of amides is 1. The van der Waals surface area contributed by atoms with Crippen LogP contribution in [-0.2, 0) is 4.79 Å². The minimum atomic E-state index is -0.457. The highest BCUT2D eigenvalue weighted by atomic mass is 16.5. The van der Waals surface area contributed by atoms with E-state index in [0.717, 1.165) is 44.5 Å². The normalized spacial score (nSPS) is 14.3. The van der Waals surface area contributed by atoms with E-state index in [-0.39, 0.29) is 46.0 Å². The lowest BCUT2D eigenvalue weighted by atomic mass is 10.1. The number of hydrogen-bond acceptors (Lipinski definition) is 7. The third-order valence-corrected chi connectivity index (χ3v) is 5.32. The van der Waals surface area contributed by atoms with Crippen molar-refractivity contribution in [2.24, 2.45) is 0 Å². The Balaban J connectivity index is 1.56. The van der Waals surface area contributed by atoms with Gasteiger partial charge in [-0.1, -0.05) is 0 Å². The zero-order chi connectivity index (χ0) is 21.3. The lowest BCUT2D eigenvalue weighted by Gasteiger charge is -2.26. The number of fused-ring (bicyclic) bond motifs is 2. The molecular weight excluding hydrogens is 390 g/mol. The van der Waals surface area contributed by atoms with Gasteiger partial charge in [0.1, 0.15) is 28.1 Å². The Morgan fingerprint density at radius 1 is 1.00 bits per heavy atom. The number of ether oxygens (including phenoxy) is 1. The van der Waals surface area contributed by atoms with E-state index in [9.17, 15) is 24.9 Å². The summed E-state index contributed by atoms with van der Waals surface area (Å²) >= 11 is 0. The number of aromatic hydroxyl groups is 3. The molecule has 4 rings (SSSR count). The number of rotatable bonds is 5. The Labute approximate surface area is 171 Å². The first-order valence-electron chi connectivity index (χ1n) is 10.00. The summed E-state index contributed by atoms with van der Waals surface area (Å²) in [6.45, 7) is 1.79. The number of hydrogen-bond donors (Lipinski definition) is 3. The SMILES string of the molecule is O=C(CCCOc1cc(O)cc2oc3cc(O)c(O)cc3c(=O)c12)N1CCCCC1. The van der Waals surface area contributed by atoms with Crippen LogP contribution in [0.3, 0.4) is 0 Å². The molecule has 30 heavy (non-hydrogen) atoms. The van der Waals surface area contributed by atoms with Crippen LogP contribution in [0, 0.1) is 0 Å². The van der Waals surface area contributed by atoms with Crippen LogP contribution >= 0.6 is 0 Å². The highest BCUT2D eigenvalue weighted by Gasteiger charge is 2.18. The van der Waals surface area contributed by atoms with E-state index >= 15 is 0 Å². The zero-order valence-electron chi connectivity index (χ0n) is 16.4. The molecular formula is C22H23NO7. The van der Waals surface area contributed by atoms with Crippen molar-refractivity contribution in [3.8, 4) is 23.0 Å². The zero-order valence-corrected chi connectivity index (χ0v) is 16.4. The summed E-state index contributed by atoms with van der Waals surface area (Å²) in [5.74, 6) is -0.766. The molecule has 0 atom stereocenters. The van der Waals surface area contributed by atoms with Crippen molar-refractivity contribution >= 4 is 27.8 Å². The Hall–Kier alpha value is -3.42. The number of carbonyl (C=O) groups excluding carboxylic acids is 1. The van der Waals surface area contributed by atoms with Crippen LogP contribution in [0.2, 0.25) is 0 Å². The van der Waals surface area contributed by atoms with Gasteiger partial charge in [0.2, 0.25) is 11.3 Å². The van der Waals surface area contributed by atoms with E-state index < -0.39 is 16.9 Å². The van der Waals surface area contributed by atoms with Crippen LogP contribution in [0.15, 0.2) is 33.5 Å². The van der Waals surface area contributed by atoms with Crippen molar-refractivity contribution in [2.75, 3.05) is 19.7 Å². The molecule has 1 aliphatic rings. The van der Waals surface area contributed by atoms with Crippen molar-refractivity contribution in [1.29, 1.82) is 0 Å². The van der Waals surface area contributed by atoms with Gasteiger partial charge in [-0.2, -0.15) is 0 Å². The van der Waals surface area contributed by atoms with Crippen LogP contribution in [-0.4, -0.2) is 45.8 Å². The summed E-state index contributed by atoms with van der Waals surface area (Å²) in [5, 5.41) is 29.6. The molecule has 8 heteroatoms. The average Bonchev–Trinajstić information content (AvgIpc) is 2.73. The van der Waals surface area contributed by atoms with E-state index in [1.54, 1.807) is 0 Å². The Kier molecular flexibility index (Phi) is 5.39. The molecule has 2 heterocycles. The number of nitrogens with zero attached hydrogens (tertiary/aromatic N) is 1. The van der Waals surface area contributed by atoms with E-state index in [1.165, 1.54) is 12.1 Å². The molecule has 158 valence electrons. The van der Waals surface area contributed by atoms with Crippen LogP contribution in [0.5, 0.6) is 23.0 Å². The summed E-state index contributed by atoms with van der Waals surface area (Å²) < 4.78 is 11.4. The molecule has 2 aromatic carbocycles. The van der Waals surface area contributed by atoms with Gasteiger partial charge in [0.05, 0.1) is 12.0 Å². The molecule has 0 bridgehead atoms. The Bertz CT molecular complexity index is 1160. The average molecular weight is 413 g/mol. The highest BCUT2D eigenvalue weighted by molar-refractivity contribution is 5.95. The lowest BCUT2D eigenvalue weighted by Crippen LogP contribution is -2.35. The molecule has 3 aromatic rings. The van der Waals surface area contributed by atoms with Gasteiger partial charge < -0.3 is 29.4 Å². The molecule has 0 radical (unpaired) electrons. The first-order valence-corrected chi connectivity index (χ1v) is 10.00. The van der Waals surface area contributed by atoms with Gasteiger partial charge in [-0.15, -0.1) is 0 Å². The standard InChI is InChI=1S/C22H23NO7/c24-13-9-18(29-8-4-5-20(27)23-6-2-1-3-7-23)21-19(10-13)30-17-12-16(26)15(25)11-14(17)22(21)28/h9-12,24-26H,1-8H2. The molecule has 1 saturated heterocycles. The van der Waals surface area contributed by atoms with Crippen molar-refractivity contribution in [3.63, 3.8) is 0 Å². The van der Waals surface area contributed by atoms with E-state index in [2.05, 4.69) is 0 Å². The van der Waals surface area contributed by atoms with Gasteiger partial charge in [0.15, 0.2) is 11.5 Å². The van der Waals surface area contributed by atoms with Crippen molar-refractivity contribution < 1.29 is 29.3 Å². The second kappa shape index (κ2) is 8.14. The van der Waals surface area contributed by atoms with Gasteiger partial charge in [-0.05, 0) is 31.7 Å². The van der Waals surface area contributed by atoms with Gasteiger partial charge in [-0.25, -0.2) is 0 Å². The maximum Gasteiger partial charge on any atom is 0.222 e. The summed E-state index contributed by atoms with van der Waals surface area (Å²) in [4.78, 5) is 27.1. The van der Waals surface area contributed by atoms with Gasteiger partial charge in [-0.3, -0.25) is 9.59 Å². The number of piperidine rings is 1. The number of likely N-dealkylation sites (tertiary alicyclic amines) is 1. The largest absolute Gasteiger partial charge is 0.508 e. The van der Waals surface area contributed by atoms with Gasteiger partial charge in [0, 0.05) is 37.7 Å². The minimum absolute atomic E-state index is 0.0754. The van der Waals surface area contributed by atoms with Crippen molar-refractivity contribution in [3.05, 3.63) is 34.5 Å². The third kappa shape index (κ3) is 3.85. The maximum absolute atomic E-state index is 13.0. The summed E-state index contributed by atoms with van der Waals surface area (Å²) in [6, 6.07) is 4.87. The second-order valence-electron chi connectivity index (χ2n) is 7.48. The number of benzene rings is 2. The van der Waals surface area contributed by atoms with Crippen molar-refractivity contribution in [1.82, 2.24) is 4.90 Å². The molecule has 0 aliphatic carbocycles. The van der Waals surface area contributed by atoms with Crippen LogP contribution in [0.1, 0.15) is 32.1 Å². The highest BCUT2D eigenvalue weighted by Crippen LogP contribution is 2.34. The first kappa shape index (κ1) is 19.9.